The number of nitrogens with one attached hydrogen (secondary N) is 1. The molecule has 7 nitrogen and oxygen atoms in total. The number of carbonyl (C=O) groups is 1. The van der Waals surface area contributed by atoms with Crippen LogP contribution in [0.25, 0.3) is 0 Å². The van der Waals surface area contributed by atoms with Crippen molar-refractivity contribution in [1.29, 1.82) is 0 Å². The van der Waals surface area contributed by atoms with E-state index in [0.717, 1.165) is 47.3 Å². The number of benzene rings is 1. The molecule has 1 N–H and O–H groups in total. The molecule has 0 atom stereocenters. The van der Waals surface area contributed by atoms with Gasteiger partial charge in [-0.25, -0.2) is 0 Å². The first-order valence-electron chi connectivity index (χ1n) is 12.0. The van der Waals surface area contributed by atoms with E-state index in [1.807, 2.05) is 38.1 Å². The molecule has 1 amide bonds. The summed E-state index contributed by atoms with van der Waals surface area (Å²) in [5.74, 6) is 3.30. The molecule has 0 radical (unpaired) electrons. The SMILES string of the molecule is C=CCn1c(SCC(=O)NCCc2ccc(OCC)c(OCC)c2)nnc1C1CCCCC1. The van der Waals surface area contributed by atoms with E-state index < -0.39 is 0 Å². The van der Waals surface area contributed by atoms with Crippen molar-refractivity contribution in [3.8, 4) is 11.5 Å². The van der Waals surface area contributed by atoms with Gasteiger partial charge in [-0.05, 0) is 50.8 Å². The van der Waals surface area contributed by atoms with Gasteiger partial charge in [0.1, 0.15) is 5.82 Å². The molecule has 8 heteroatoms. The Labute approximate surface area is 201 Å². The summed E-state index contributed by atoms with van der Waals surface area (Å²) in [6.07, 6.45) is 8.72. The number of ether oxygens (including phenoxy) is 2. The Balaban J connectivity index is 1.50. The van der Waals surface area contributed by atoms with Crippen molar-refractivity contribution < 1.29 is 14.3 Å². The molecule has 1 aliphatic rings. The minimum Gasteiger partial charge on any atom is -0.490 e. The summed E-state index contributed by atoms with van der Waals surface area (Å²) in [4.78, 5) is 12.4. The zero-order chi connectivity index (χ0) is 23.5. The normalized spacial score (nSPS) is 14.1. The number of nitrogens with zero attached hydrogens (tertiary/aromatic N) is 3. The van der Waals surface area contributed by atoms with Crippen LogP contribution in [0, 0.1) is 0 Å². The highest BCUT2D eigenvalue weighted by Gasteiger charge is 2.23. The monoisotopic (exact) mass is 472 g/mol. The number of carbonyl (C=O) groups excluding carboxylic acids is 1. The number of allylic oxidation sites excluding steroid dienone is 1. The fourth-order valence-corrected chi connectivity index (χ4v) is 4.93. The minimum atomic E-state index is -0.0108. The van der Waals surface area contributed by atoms with Crippen molar-refractivity contribution in [2.24, 2.45) is 0 Å². The summed E-state index contributed by atoms with van der Waals surface area (Å²) < 4.78 is 13.4. The standard InChI is InChI=1S/C25H36N4O3S/c1-4-16-29-24(20-10-8-7-9-11-20)27-28-25(29)33-18-23(30)26-15-14-19-12-13-21(31-5-2)22(17-19)32-6-3/h4,12-13,17,20H,1,5-11,14-16,18H2,2-3H3,(H,26,30). The van der Waals surface area contributed by atoms with Gasteiger partial charge < -0.3 is 19.4 Å². The first-order chi connectivity index (χ1) is 16.2. The van der Waals surface area contributed by atoms with Gasteiger partial charge in [-0.2, -0.15) is 0 Å². The summed E-state index contributed by atoms with van der Waals surface area (Å²) >= 11 is 1.44. The maximum absolute atomic E-state index is 12.4. The van der Waals surface area contributed by atoms with Crippen LogP contribution in [0.4, 0.5) is 0 Å². The summed E-state index contributed by atoms with van der Waals surface area (Å²) in [6.45, 7) is 10.2. The Bertz CT molecular complexity index is 909. The van der Waals surface area contributed by atoms with Crippen molar-refractivity contribution >= 4 is 17.7 Å². The van der Waals surface area contributed by atoms with Crippen LogP contribution < -0.4 is 14.8 Å². The van der Waals surface area contributed by atoms with Crippen LogP contribution in [0.1, 0.15) is 63.3 Å². The van der Waals surface area contributed by atoms with Crippen LogP contribution in [-0.2, 0) is 17.8 Å². The molecular weight excluding hydrogens is 436 g/mol. The summed E-state index contributed by atoms with van der Waals surface area (Å²) in [7, 11) is 0. The smallest absolute Gasteiger partial charge is 0.230 e. The van der Waals surface area contributed by atoms with Gasteiger partial charge in [0, 0.05) is 19.0 Å². The Hall–Kier alpha value is -2.48. The maximum atomic E-state index is 12.4. The van der Waals surface area contributed by atoms with Gasteiger partial charge >= 0.3 is 0 Å². The second-order valence-electron chi connectivity index (χ2n) is 8.11. The molecule has 2 aromatic rings. The number of rotatable bonds is 13. The molecule has 0 bridgehead atoms. The van der Waals surface area contributed by atoms with Crippen molar-refractivity contribution in [2.45, 2.75) is 70.0 Å². The van der Waals surface area contributed by atoms with Gasteiger partial charge in [0.15, 0.2) is 16.7 Å². The third-order valence-electron chi connectivity index (χ3n) is 5.70. The number of amides is 1. The van der Waals surface area contributed by atoms with Crippen LogP contribution in [0.5, 0.6) is 11.5 Å². The fourth-order valence-electron chi connectivity index (χ4n) is 4.15. The Morgan fingerprint density at radius 2 is 1.94 bits per heavy atom. The zero-order valence-corrected chi connectivity index (χ0v) is 20.7. The maximum Gasteiger partial charge on any atom is 0.230 e. The average Bonchev–Trinajstić information content (AvgIpc) is 3.23. The molecule has 0 spiro atoms. The van der Waals surface area contributed by atoms with E-state index in [2.05, 4.69) is 26.7 Å². The lowest BCUT2D eigenvalue weighted by molar-refractivity contribution is -0.118. The van der Waals surface area contributed by atoms with Crippen LogP contribution >= 0.6 is 11.8 Å². The molecule has 1 saturated carbocycles. The number of thioether (sulfide) groups is 1. The lowest BCUT2D eigenvalue weighted by atomic mass is 9.89. The second-order valence-corrected chi connectivity index (χ2v) is 9.05. The zero-order valence-electron chi connectivity index (χ0n) is 19.8. The number of hydrogen-bond acceptors (Lipinski definition) is 6. The van der Waals surface area contributed by atoms with Gasteiger partial charge in [-0.1, -0.05) is 43.2 Å². The molecule has 0 aliphatic heterocycles. The quantitative estimate of drug-likeness (QED) is 0.334. The second kappa shape index (κ2) is 13.3. The van der Waals surface area contributed by atoms with E-state index in [1.54, 1.807) is 0 Å². The van der Waals surface area contributed by atoms with Gasteiger partial charge in [-0.15, -0.1) is 16.8 Å². The molecule has 1 aromatic heterocycles. The lowest BCUT2D eigenvalue weighted by Gasteiger charge is -2.21. The first-order valence-corrected chi connectivity index (χ1v) is 13.0. The van der Waals surface area contributed by atoms with Crippen molar-refractivity contribution in [1.82, 2.24) is 20.1 Å². The highest BCUT2D eigenvalue weighted by Crippen LogP contribution is 2.33. The Morgan fingerprint density at radius 3 is 2.67 bits per heavy atom. The van der Waals surface area contributed by atoms with Crippen molar-refractivity contribution in [3.63, 3.8) is 0 Å². The summed E-state index contributed by atoms with van der Waals surface area (Å²) in [5, 5.41) is 12.7. The number of hydrogen-bond donors (Lipinski definition) is 1. The van der Waals surface area contributed by atoms with Crippen molar-refractivity contribution in [2.75, 3.05) is 25.5 Å². The molecule has 1 heterocycles. The Kier molecular flexibility index (Phi) is 10.1. The Morgan fingerprint density at radius 1 is 1.18 bits per heavy atom. The lowest BCUT2D eigenvalue weighted by Crippen LogP contribution is -2.27. The van der Waals surface area contributed by atoms with E-state index in [0.29, 0.717) is 38.0 Å². The van der Waals surface area contributed by atoms with E-state index in [4.69, 9.17) is 9.47 Å². The van der Waals surface area contributed by atoms with Gasteiger partial charge in [0.05, 0.1) is 19.0 Å². The number of aromatic nitrogens is 3. The van der Waals surface area contributed by atoms with E-state index >= 15 is 0 Å². The third kappa shape index (κ3) is 7.25. The van der Waals surface area contributed by atoms with Gasteiger partial charge in [0.2, 0.25) is 5.91 Å². The summed E-state index contributed by atoms with van der Waals surface area (Å²) in [5.41, 5.74) is 1.10. The average molecular weight is 473 g/mol. The van der Waals surface area contributed by atoms with E-state index in [-0.39, 0.29) is 5.91 Å². The molecule has 180 valence electrons. The minimum absolute atomic E-state index is 0.0108. The molecule has 3 rings (SSSR count). The predicted molar refractivity (Wildman–Crippen MR) is 132 cm³/mol. The topological polar surface area (TPSA) is 78.3 Å². The van der Waals surface area contributed by atoms with Crippen LogP contribution in [0.2, 0.25) is 0 Å². The van der Waals surface area contributed by atoms with E-state index in [1.165, 1.54) is 31.0 Å². The van der Waals surface area contributed by atoms with E-state index in [9.17, 15) is 4.79 Å². The van der Waals surface area contributed by atoms with Gasteiger partial charge in [0.25, 0.3) is 0 Å². The highest BCUT2D eigenvalue weighted by molar-refractivity contribution is 7.99. The highest BCUT2D eigenvalue weighted by atomic mass is 32.2. The van der Waals surface area contributed by atoms with Crippen LogP contribution in [-0.4, -0.2) is 46.2 Å². The first kappa shape index (κ1) is 25.1. The molecule has 1 fully saturated rings. The predicted octanol–water partition coefficient (Wildman–Crippen LogP) is 4.76. The van der Waals surface area contributed by atoms with Crippen LogP contribution in [0.15, 0.2) is 36.0 Å². The van der Waals surface area contributed by atoms with Gasteiger partial charge in [-0.3, -0.25) is 4.79 Å². The molecule has 1 aromatic carbocycles. The molecule has 0 unspecified atom stereocenters. The van der Waals surface area contributed by atoms with Crippen molar-refractivity contribution in [3.05, 3.63) is 42.2 Å². The molecule has 0 saturated heterocycles. The molecule has 1 aliphatic carbocycles. The third-order valence-corrected chi connectivity index (χ3v) is 6.67. The molecule has 33 heavy (non-hydrogen) atoms. The molecular formula is C25H36N4O3S. The summed E-state index contributed by atoms with van der Waals surface area (Å²) in [6, 6.07) is 5.93. The fraction of sp³-hybridized carbons (Fsp3) is 0.560. The largest absolute Gasteiger partial charge is 0.490 e. The van der Waals surface area contributed by atoms with Crippen LogP contribution in [0.3, 0.4) is 0 Å².